The lowest BCUT2D eigenvalue weighted by molar-refractivity contribution is 0.385. The minimum atomic E-state index is -3.04. The molecule has 1 saturated heterocycles. The fourth-order valence-corrected chi connectivity index (χ4v) is 4.13. The van der Waals surface area contributed by atoms with Crippen LogP contribution in [0.1, 0.15) is 19.3 Å². The SMILES string of the molecule is O=S(=O)(CC1CCCNC1)N1CC=CCC1. The van der Waals surface area contributed by atoms with Crippen molar-refractivity contribution in [1.82, 2.24) is 9.62 Å². The largest absolute Gasteiger partial charge is 0.316 e. The van der Waals surface area contributed by atoms with Gasteiger partial charge in [0.05, 0.1) is 5.75 Å². The topological polar surface area (TPSA) is 49.4 Å². The second kappa shape index (κ2) is 5.29. The molecule has 0 aromatic rings. The quantitative estimate of drug-likeness (QED) is 0.739. The van der Waals surface area contributed by atoms with E-state index in [0.29, 0.717) is 24.8 Å². The number of sulfonamides is 1. The molecule has 0 aromatic heterocycles. The zero-order chi connectivity index (χ0) is 11.4. The first-order valence-electron chi connectivity index (χ1n) is 6.02. The molecule has 0 spiro atoms. The molecule has 4 nitrogen and oxygen atoms in total. The van der Waals surface area contributed by atoms with Crippen LogP contribution in [-0.2, 0) is 10.0 Å². The zero-order valence-corrected chi connectivity index (χ0v) is 10.4. The van der Waals surface area contributed by atoms with Gasteiger partial charge in [-0.1, -0.05) is 12.2 Å². The number of nitrogens with one attached hydrogen (secondary N) is 1. The monoisotopic (exact) mass is 244 g/mol. The van der Waals surface area contributed by atoms with E-state index >= 15 is 0 Å². The van der Waals surface area contributed by atoms with Crippen LogP contribution >= 0.6 is 0 Å². The molecular weight excluding hydrogens is 224 g/mol. The van der Waals surface area contributed by atoms with Gasteiger partial charge in [-0.05, 0) is 38.3 Å². The summed E-state index contributed by atoms with van der Waals surface area (Å²) in [5.41, 5.74) is 0. The van der Waals surface area contributed by atoms with Crippen LogP contribution in [0, 0.1) is 5.92 Å². The van der Waals surface area contributed by atoms with Crippen LogP contribution in [0.15, 0.2) is 12.2 Å². The van der Waals surface area contributed by atoms with E-state index in [2.05, 4.69) is 5.32 Å². The molecular formula is C11H20N2O2S. The summed E-state index contributed by atoms with van der Waals surface area (Å²) in [6, 6.07) is 0. The van der Waals surface area contributed by atoms with E-state index < -0.39 is 10.0 Å². The highest BCUT2D eigenvalue weighted by Gasteiger charge is 2.26. The minimum absolute atomic E-state index is 0.296. The van der Waals surface area contributed by atoms with Gasteiger partial charge in [0, 0.05) is 13.1 Å². The average molecular weight is 244 g/mol. The van der Waals surface area contributed by atoms with Crippen molar-refractivity contribution >= 4 is 10.0 Å². The molecule has 92 valence electrons. The van der Waals surface area contributed by atoms with Crippen molar-refractivity contribution in [2.75, 3.05) is 31.9 Å². The molecule has 1 atom stereocenters. The van der Waals surface area contributed by atoms with E-state index in [-0.39, 0.29) is 0 Å². The summed E-state index contributed by atoms with van der Waals surface area (Å²) in [5.74, 6) is 0.609. The lowest BCUT2D eigenvalue weighted by Gasteiger charge is -2.27. The van der Waals surface area contributed by atoms with Gasteiger partial charge < -0.3 is 5.32 Å². The summed E-state index contributed by atoms with van der Waals surface area (Å²) in [7, 11) is -3.04. The normalized spacial score (nSPS) is 28.1. The van der Waals surface area contributed by atoms with Crippen LogP contribution in [0.3, 0.4) is 0 Å². The smallest absolute Gasteiger partial charge is 0.214 e. The first-order chi connectivity index (χ1) is 7.68. The summed E-state index contributed by atoms with van der Waals surface area (Å²) in [6.07, 6.45) is 6.98. The zero-order valence-electron chi connectivity index (χ0n) is 9.56. The second-order valence-electron chi connectivity index (χ2n) is 4.61. The van der Waals surface area contributed by atoms with E-state index in [1.165, 1.54) is 0 Å². The molecule has 2 heterocycles. The van der Waals surface area contributed by atoms with Gasteiger partial charge in [-0.2, -0.15) is 4.31 Å². The third-order valence-corrected chi connectivity index (χ3v) is 5.27. The Labute approximate surface area is 97.8 Å². The van der Waals surface area contributed by atoms with Crippen molar-refractivity contribution in [2.45, 2.75) is 19.3 Å². The molecule has 2 rings (SSSR count). The van der Waals surface area contributed by atoms with Crippen LogP contribution in [-0.4, -0.2) is 44.7 Å². The Kier molecular flexibility index (Phi) is 4.00. The molecule has 2 aliphatic heterocycles. The maximum atomic E-state index is 12.1. The van der Waals surface area contributed by atoms with Gasteiger partial charge in [0.25, 0.3) is 0 Å². The second-order valence-corrected chi connectivity index (χ2v) is 6.62. The third-order valence-electron chi connectivity index (χ3n) is 3.26. The van der Waals surface area contributed by atoms with Gasteiger partial charge >= 0.3 is 0 Å². The van der Waals surface area contributed by atoms with Crippen molar-refractivity contribution in [1.29, 1.82) is 0 Å². The lowest BCUT2D eigenvalue weighted by Crippen LogP contribution is -2.41. The summed E-state index contributed by atoms with van der Waals surface area (Å²) < 4.78 is 25.8. The van der Waals surface area contributed by atoms with Crippen LogP contribution in [0.4, 0.5) is 0 Å². The van der Waals surface area contributed by atoms with Gasteiger partial charge in [-0.25, -0.2) is 8.42 Å². The molecule has 1 unspecified atom stereocenters. The number of hydrogen-bond donors (Lipinski definition) is 1. The van der Waals surface area contributed by atoms with E-state index in [4.69, 9.17) is 0 Å². The fraction of sp³-hybridized carbons (Fsp3) is 0.818. The number of rotatable bonds is 3. The first-order valence-corrected chi connectivity index (χ1v) is 7.63. The van der Waals surface area contributed by atoms with Gasteiger partial charge in [0.2, 0.25) is 10.0 Å². The average Bonchev–Trinajstić information content (AvgIpc) is 2.31. The minimum Gasteiger partial charge on any atom is -0.316 e. The van der Waals surface area contributed by atoms with Crippen molar-refractivity contribution in [3.8, 4) is 0 Å². The first kappa shape index (κ1) is 12.1. The summed E-state index contributed by atoms with van der Waals surface area (Å²) in [5, 5.41) is 3.26. The van der Waals surface area contributed by atoms with Crippen LogP contribution in [0.25, 0.3) is 0 Å². The Morgan fingerprint density at radius 1 is 1.38 bits per heavy atom. The molecule has 0 saturated carbocycles. The molecule has 0 amide bonds. The standard InChI is InChI=1S/C11H20N2O2S/c14-16(15,13-7-2-1-3-8-13)10-11-5-4-6-12-9-11/h1-2,11-12H,3-10H2. The maximum Gasteiger partial charge on any atom is 0.214 e. The van der Waals surface area contributed by atoms with Crippen molar-refractivity contribution < 1.29 is 8.42 Å². The van der Waals surface area contributed by atoms with Crippen molar-refractivity contribution in [3.63, 3.8) is 0 Å². The van der Waals surface area contributed by atoms with Crippen molar-refractivity contribution in [2.24, 2.45) is 5.92 Å². The summed E-state index contributed by atoms with van der Waals surface area (Å²) in [6.45, 7) is 3.09. The van der Waals surface area contributed by atoms with E-state index in [1.54, 1.807) is 4.31 Å². The number of hydrogen-bond acceptors (Lipinski definition) is 3. The lowest BCUT2D eigenvalue weighted by atomic mass is 10.0. The molecule has 16 heavy (non-hydrogen) atoms. The van der Waals surface area contributed by atoms with E-state index in [0.717, 1.165) is 32.4 Å². The summed E-state index contributed by atoms with van der Waals surface area (Å²) in [4.78, 5) is 0. The van der Waals surface area contributed by atoms with E-state index in [9.17, 15) is 8.42 Å². The predicted molar refractivity (Wildman–Crippen MR) is 64.7 cm³/mol. The van der Waals surface area contributed by atoms with Gasteiger partial charge in [-0.3, -0.25) is 0 Å². The molecule has 0 aliphatic carbocycles. The molecule has 0 aromatic carbocycles. The third kappa shape index (κ3) is 3.06. The van der Waals surface area contributed by atoms with Crippen LogP contribution in [0.2, 0.25) is 0 Å². The van der Waals surface area contributed by atoms with Crippen molar-refractivity contribution in [3.05, 3.63) is 12.2 Å². The van der Waals surface area contributed by atoms with Crippen LogP contribution < -0.4 is 5.32 Å². The van der Waals surface area contributed by atoms with Gasteiger partial charge in [0.1, 0.15) is 0 Å². The molecule has 0 bridgehead atoms. The maximum absolute atomic E-state index is 12.1. The number of nitrogens with zero attached hydrogens (tertiary/aromatic N) is 1. The highest BCUT2D eigenvalue weighted by Crippen LogP contribution is 2.16. The molecule has 1 fully saturated rings. The van der Waals surface area contributed by atoms with E-state index in [1.807, 2.05) is 12.2 Å². The fourth-order valence-electron chi connectivity index (χ4n) is 2.34. The number of piperidine rings is 1. The Balaban J connectivity index is 1.93. The Hall–Kier alpha value is -0.390. The Morgan fingerprint density at radius 3 is 2.88 bits per heavy atom. The van der Waals surface area contributed by atoms with Crippen LogP contribution in [0.5, 0.6) is 0 Å². The molecule has 1 N–H and O–H groups in total. The van der Waals surface area contributed by atoms with Gasteiger partial charge in [0.15, 0.2) is 0 Å². The summed E-state index contributed by atoms with van der Waals surface area (Å²) >= 11 is 0. The molecule has 2 aliphatic rings. The predicted octanol–water partition coefficient (Wildman–Crippen LogP) is 0.578. The Morgan fingerprint density at radius 2 is 2.25 bits per heavy atom. The highest BCUT2D eigenvalue weighted by atomic mass is 32.2. The molecule has 5 heteroatoms. The Bertz CT molecular complexity index is 345. The highest BCUT2D eigenvalue weighted by molar-refractivity contribution is 7.89. The molecule has 0 radical (unpaired) electrons. The van der Waals surface area contributed by atoms with Gasteiger partial charge in [-0.15, -0.1) is 0 Å².